The highest BCUT2D eigenvalue weighted by molar-refractivity contribution is 4.94. The molecule has 0 bridgehead atoms. The van der Waals surface area contributed by atoms with Gasteiger partial charge in [0, 0.05) is 6.04 Å². The van der Waals surface area contributed by atoms with Crippen molar-refractivity contribution in [1.82, 2.24) is 4.90 Å². The molecule has 2 unspecified atom stereocenters. The fourth-order valence-corrected chi connectivity index (χ4v) is 1.27. The van der Waals surface area contributed by atoms with E-state index in [2.05, 4.69) is 0 Å². The Kier molecular flexibility index (Phi) is 5.06. The minimum atomic E-state index is -4.54. The summed E-state index contributed by atoms with van der Waals surface area (Å²) in [6.07, 6.45) is -4.54. The average Bonchev–Trinajstić information content (AvgIpc) is 2.01. The van der Waals surface area contributed by atoms with Crippen LogP contribution in [0.5, 0.6) is 0 Å². The lowest BCUT2D eigenvalue weighted by atomic mass is 10.1. The summed E-state index contributed by atoms with van der Waals surface area (Å²) in [4.78, 5) is 0.713. The molecule has 0 amide bonds. The van der Waals surface area contributed by atoms with E-state index >= 15 is 0 Å². The summed E-state index contributed by atoms with van der Waals surface area (Å²) in [7, 11) is 0. The van der Waals surface area contributed by atoms with Crippen LogP contribution in [-0.2, 0) is 0 Å². The molecule has 0 fully saturated rings. The number of halogens is 3. The zero-order valence-corrected chi connectivity index (χ0v) is 8.12. The minimum Gasteiger partial charge on any atom is -0.326 e. The van der Waals surface area contributed by atoms with Crippen LogP contribution in [0.15, 0.2) is 0 Å². The molecule has 0 rings (SSSR count). The second kappa shape index (κ2) is 5.54. The molecule has 15 heavy (non-hydrogen) atoms. The van der Waals surface area contributed by atoms with Crippen molar-refractivity contribution in [2.45, 2.75) is 25.2 Å². The zero-order valence-electron chi connectivity index (χ0n) is 8.12. The highest BCUT2D eigenvalue weighted by atomic mass is 19.4. The molecular formula is C8H11F3N4. The molecule has 84 valence electrons. The summed E-state index contributed by atoms with van der Waals surface area (Å²) in [6.45, 7) is 0.248. The topological polar surface area (TPSA) is 76.8 Å². The van der Waals surface area contributed by atoms with Crippen molar-refractivity contribution in [3.05, 3.63) is 0 Å². The summed E-state index contributed by atoms with van der Waals surface area (Å²) in [5.41, 5.74) is 5.20. The maximum absolute atomic E-state index is 12.5. The van der Waals surface area contributed by atoms with Crippen LogP contribution in [-0.4, -0.2) is 36.2 Å². The van der Waals surface area contributed by atoms with E-state index in [-0.39, 0.29) is 0 Å². The molecule has 0 aromatic rings. The Morgan fingerprint density at radius 1 is 1.27 bits per heavy atom. The standard InChI is InChI=1S/C8H11F3N4/c1-6(14)7(8(9,10)11)15(4-2-12)5-3-13/h6-7H,4-5,14H2,1H3. The van der Waals surface area contributed by atoms with Gasteiger partial charge in [-0.05, 0) is 6.92 Å². The van der Waals surface area contributed by atoms with Crippen molar-refractivity contribution in [1.29, 1.82) is 10.5 Å². The van der Waals surface area contributed by atoms with E-state index in [1.807, 2.05) is 0 Å². The molecule has 7 heteroatoms. The van der Waals surface area contributed by atoms with Gasteiger partial charge in [-0.1, -0.05) is 0 Å². The quantitative estimate of drug-likeness (QED) is 0.704. The second-order valence-corrected chi connectivity index (χ2v) is 3.07. The molecule has 0 saturated carbocycles. The number of nitrogens with two attached hydrogens (primary N) is 1. The molecule has 0 aromatic heterocycles. The van der Waals surface area contributed by atoms with Crippen molar-refractivity contribution >= 4 is 0 Å². The van der Waals surface area contributed by atoms with E-state index in [0.717, 1.165) is 0 Å². The Bertz CT molecular complexity index is 257. The van der Waals surface area contributed by atoms with E-state index in [0.29, 0.717) is 4.90 Å². The molecule has 0 heterocycles. The molecule has 2 atom stereocenters. The Hall–Kier alpha value is -1.31. The highest BCUT2D eigenvalue weighted by Gasteiger charge is 2.45. The van der Waals surface area contributed by atoms with Gasteiger partial charge in [-0.3, -0.25) is 4.90 Å². The number of hydrogen-bond acceptors (Lipinski definition) is 4. The Morgan fingerprint density at radius 3 is 1.87 bits per heavy atom. The van der Waals surface area contributed by atoms with Gasteiger partial charge < -0.3 is 5.73 Å². The first-order valence-corrected chi connectivity index (χ1v) is 4.14. The fourth-order valence-electron chi connectivity index (χ4n) is 1.27. The molecule has 0 aromatic carbocycles. The van der Waals surface area contributed by atoms with Gasteiger partial charge in [-0.15, -0.1) is 0 Å². The van der Waals surface area contributed by atoms with E-state index in [1.54, 1.807) is 12.1 Å². The predicted molar refractivity (Wildman–Crippen MR) is 46.3 cm³/mol. The third-order valence-corrected chi connectivity index (χ3v) is 1.77. The number of alkyl halides is 3. The Balaban J connectivity index is 4.87. The summed E-state index contributed by atoms with van der Waals surface area (Å²) in [6, 6.07) is 0.00907. The third-order valence-electron chi connectivity index (χ3n) is 1.77. The molecular weight excluding hydrogens is 209 g/mol. The van der Waals surface area contributed by atoms with Crippen molar-refractivity contribution in [2.24, 2.45) is 5.73 Å². The van der Waals surface area contributed by atoms with Crippen molar-refractivity contribution < 1.29 is 13.2 Å². The van der Waals surface area contributed by atoms with Crippen LogP contribution in [0.25, 0.3) is 0 Å². The largest absolute Gasteiger partial charge is 0.405 e. The van der Waals surface area contributed by atoms with Gasteiger partial charge in [-0.25, -0.2) is 0 Å². The summed E-state index contributed by atoms with van der Waals surface area (Å²) in [5, 5.41) is 16.7. The number of nitriles is 2. The van der Waals surface area contributed by atoms with Crippen molar-refractivity contribution in [2.75, 3.05) is 13.1 Å². The molecule has 2 N–H and O–H groups in total. The van der Waals surface area contributed by atoms with Gasteiger partial charge in [0.05, 0.1) is 25.2 Å². The van der Waals surface area contributed by atoms with Gasteiger partial charge in [-0.2, -0.15) is 23.7 Å². The lowest BCUT2D eigenvalue weighted by molar-refractivity contribution is -0.184. The Labute approximate surface area is 85.7 Å². The first kappa shape index (κ1) is 13.7. The first-order chi connectivity index (χ1) is 6.84. The van der Waals surface area contributed by atoms with E-state index in [9.17, 15) is 13.2 Å². The smallest absolute Gasteiger partial charge is 0.326 e. The maximum atomic E-state index is 12.5. The predicted octanol–water partition coefficient (Wildman–Crippen LogP) is 0.614. The van der Waals surface area contributed by atoms with Crippen LogP contribution in [0.3, 0.4) is 0 Å². The lowest BCUT2D eigenvalue weighted by Gasteiger charge is -2.32. The average molecular weight is 220 g/mol. The molecule has 0 radical (unpaired) electrons. The third kappa shape index (κ3) is 4.15. The van der Waals surface area contributed by atoms with Crippen LogP contribution in [0.4, 0.5) is 13.2 Å². The number of rotatable bonds is 4. The summed E-state index contributed by atoms with van der Waals surface area (Å²) in [5.74, 6) is 0. The van der Waals surface area contributed by atoms with Crippen molar-refractivity contribution in [3.8, 4) is 12.1 Å². The van der Waals surface area contributed by atoms with Gasteiger partial charge in [0.1, 0.15) is 6.04 Å². The zero-order chi connectivity index (χ0) is 12.1. The SMILES string of the molecule is CC(N)C(N(CC#N)CC#N)C(F)(F)F. The van der Waals surface area contributed by atoms with Crippen LogP contribution >= 0.6 is 0 Å². The molecule has 0 spiro atoms. The highest BCUT2D eigenvalue weighted by Crippen LogP contribution is 2.26. The monoisotopic (exact) mass is 220 g/mol. The Morgan fingerprint density at radius 2 is 1.67 bits per heavy atom. The van der Waals surface area contributed by atoms with Crippen LogP contribution in [0.1, 0.15) is 6.92 Å². The van der Waals surface area contributed by atoms with Crippen LogP contribution < -0.4 is 5.73 Å². The molecule has 0 aliphatic carbocycles. The first-order valence-electron chi connectivity index (χ1n) is 4.14. The van der Waals surface area contributed by atoms with Gasteiger partial charge in [0.15, 0.2) is 0 Å². The van der Waals surface area contributed by atoms with Gasteiger partial charge in [0.2, 0.25) is 0 Å². The molecule has 0 aliphatic heterocycles. The van der Waals surface area contributed by atoms with E-state index in [4.69, 9.17) is 16.3 Å². The van der Waals surface area contributed by atoms with E-state index < -0.39 is 31.3 Å². The van der Waals surface area contributed by atoms with Crippen molar-refractivity contribution in [3.63, 3.8) is 0 Å². The summed E-state index contributed by atoms with van der Waals surface area (Å²) >= 11 is 0. The maximum Gasteiger partial charge on any atom is 0.405 e. The normalized spacial score (nSPS) is 15.5. The minimum absolute atomic E-state index is 0.473. The fraction of sp³-hybridized carbons (Fsp3) is 0.750. The van der Waals surface area contributed by atoms with Crippen LogP contribution in [0, 0.1) is 22.7 Å². The van der Waals surface area contributed by atoms with Crippen LogP contribution in [0.2, 0.25) is 0 Å². The van der Waals surface area contributed by atoms with Gasteiger partial charge in [0.25, 0.3) is 0 Å². The molecule has 0 saturated heterocycles. The second-order valence-electron chi connectivity index (χ2n) is 3.07. The van der Waals surface area contributed by atoms with Gasteiger partial charge >= 0.3 is 6.18 Å². The molecule has 4 nitrogen and oxygen atoms in total. The lowest BCUT2D eigenvalue weighted by Crippen LogP contribution is -2.55. The number of hydrogen-bond donors (Lipinski definition) is 1. The summed E-state index contributed by atoms with van der Waals surface area (Å²) < 4.78 is 37.6. The number of nitrogens with zero attached hydrogens (tertiary/aromatic N) is 3. The molecule has 0 aliphatic rings. The van der Waals surface area contributed by atoms with E-state index in [1.165, 1.54) is 6.92 Å².